The van der Waals surface area contributed by atoms with Crippen LogP contribution >= 0.6 is 11.6 Å². The SMILES string of the molecule is CCC(C)[C@H](N)C(=O)N1CCN(c2cccc(Cl)c2)CC1. The molecular formula is C16H24ClN3O. The van der Waals surface area contributed by atoms with Crippen molar-refractivity contribution in [3.05, 3.63) is 29.3 Å². The molecule has 2 N–H and O–H groups in total. The van der Waals surface area contributed by atoms with E-state index in [1.54, 1.807) is 0 Å². The summed E-state index contributed by atoms with van der Waals surface area (Å²) < 4.78 is 0. The van der Waals surface area contributed by atoms with E-state index in [9.17, 15) is 4.79 Å². The zero-order valence-electron chi connectivity index (χ0n) is 12.8. The molecule has 21 heavy (non-hydrogen) atoms. The van der Waals surface area contributed by atoms with Crippen molar-refractivity contribution >= 4 is 23.2 Å². The Kier molecular flexibility index (Phi) is 5.48. The van der Waals surface area contributed by atoms with Crippen LogP contribution in [0.3, 0.4) is 0 Å². The number of hydrogen-bond donors (Lipinski definition) is 1. The number of nitrogens with zero attached hydrogens (tertiary/aromatic N) is 2. The lowest BCUT2D eigenvalue weighted by molar-refractivity contribution is -0.134. The number of carbonyl (C=O) groups is 1. The van der Waals surface area contributed by atoms with E-state index in [0.717, 1.165) is 43.3 Å². The van der Waals surface area contributed by atoms with Crippen LogP contribution in [0.2, 0.25) is 5.02 Å². The molecule has 116 valence electrons. The Labute approximate surface area is 131 Å². The number of hydrogen-bond acceptors (Lipinski definition) is 3. The van der Waals surface area contributed by atoms with E-state index in [4.69, 9.17) is 17.3 Å². The van der Waals surface area contributed by atoms with Gasteiger partial charge < -0.3 is 15.5 Å². The molecule has 2 rings (SSSR count). The summed E-state index contributed by atoms with van der Waals surface area (Å²) in [6, 6.07) is 7.45. The normalized spacial score (nSPS) is 18.5. The summed E-state index contributed by atoms with van der Waals surface area (Å²) in [5.74, 6) is 0.304. The van der Waals surface area contributed by atoms with E-state index < -0.39 is 0 Å². The quantitative estimate of drug-likeness (QED) is 0.929. The maximum atomic E-state index is 12.4. The smallest absolute Gasteiger partial charge is 0.239 e. The maximum Gasteiger partial charge on any atom is 0.239 e. The highest BCUT2D eigenvalue weighted by Gasteiger charge is 2.27. The van der Waals surface area contributed by atoms with Gasteiger partial charge in [0, 0.05) is 36.9 Å². The van der Waals surface area contributed by atoms with Crippen LogP contribution in [-0.2, 0) is 4.79 Å². The molecule has 1 aliphatic rings. The van der Waals surface area contributed by atoms with Crippen LogP contribution in [0, 0.1) is 5.92 Å². The van der Waals surface area contributed by atoms with E-state index in [1.165, 1.54) is 0 Å². The summed E-state index contributed by atoms with van der Waals surface area (Å²) in [4.78, 5) is 16.5. The van der Waals surface area contributed by atoms with Gasteiger partial charge in [0.1, 0.15) is 0 Å². The Bertz CT molecular complexity index is 486. The first kappa shape index (κ1) is 16.1. The van der Waals surface area contributed by atoms with Gasteiger partial charge in [0.25, 0.3) is 0 Å². The fourth-order valence-electron chi connectivity index (χ4n) is 2.57. The molecule has 0 radical (unpaired) electrons. The van der Waals surface area contributed by atoms with E-state index >= 15 is 0 Å². The van der Waals surface area contributed by atoms with Gasteiger partial charge in [-0.3, -0.25) is 4.79 Å². The van der Waals surface area contributed by atoms with E-state index in [2.05, 4.69) is 11.8 Å². The summed E-state index contributed by atoms with van der Waals surface area (Å²) in [7, 11) is 0. The van der Waals surface area contributed by atoms with Crippen LogP contribution < -0.4 is 10.6 Å². The highest BCUT2D eigenvalue weighted by molar-refractivity contribution is 6.30. The number of amides is 1. The zero-order chi connectivity index (χ0) is 15.4. The second kappa shape index (κ2) is 7.14. The Morgan fingerprint density at radius 1 is 1.33 bits per heavy atom. The zero-order valence-corrected chi connectivity index (χ0v) is 13.5. The van der Waals surface area contributed by atoms with E-state index in [0.29, 0.717) is 0 Å². The van der Waals surface area contributed by atoms with Gasteiger partial charge in [-0.2, -0.15) is 0 Å². The largest absolute Gasteiger partial charge is 0.368 e. The lowest BCUT2D eigenvalue weighted by Crippen LogP contribution is -2.54. The van der Waals surface area contributed by atoms with Crippen molar-refractivity contribution in [3.8, 4) is 0 Å². The summed E-state index contributed by atoms with van der Waals surface area (Å²) in [6.45, 7) is 7.17. The first-order valence-electron chi connectivity index (χ1n) is 7.57. The van der Waals surface area contributed by atoms with Gasteiger partial charge in [-0.15, -0.1) is 0 Å². The van der Waals surface area contributed by atoms with Crippen molar-refractivity contribution in [2.45, 2.75) is 26.3 Å². The van der Waals surface area contributed by atoms with Crippen LogP contribution in [0.5, 0.6) is 0 Å². The first-order valence-corrected chi connectivity index (χ1v) is 7.95. The Morgan fingerprint density at radius 3 is 2.57 bits per heavy atom. The molecule has 1 fully saturated rings. The van der Waals surface area contributed by atoms with Crippen molar-refractivity contribution in [2.24, 2.45) is 11.7 Å². The topological polar surface area (TPSA) is 49.6 Å². The van der Waals surface area contributed by atoms with E-state index in [-0.39, 0.29) is 17.9 Å². The first-order chi connectivity index (χ1) is 10.0. The summed E-state index contributed by atoms with van der Waals surface area (Å²) in [5, 5.41) is 0.741. The number of piperazine rings is 1. The molecule has 5 heteroatoms. The summed E-state index contributed by atoms with van der Waals surface area (Å²) in [6.07, 6.45) is 0.926. The lowest BCUT2D eigenvalue weighted by Gasteiger charge is -2.37. The molecule has 1 unspecified atom stereocenters. The van der Waals surface area contributed by atoms with Crippen molar-refractivity contribution in [1.82, 2.24) is 4.90 Å². The summed E-state index contributed by atoms with van der Waals surface area (Å²) >= 11 is 6.03. The molecule has 1 heterocycles. The summed E-state index contributed by atoms with van der Waals surface area (Å²) in [5.41, 5.74) is 7.16. The van der Waals surface area contributed by atoms with Crippen LogP contribution in [0.4, 0.5) is 5.69 Å². The highest BCUT2D eigenvalue weighted by Crippen LogP contribution is 2.21. The molecule has 0 saturated carbocycles. The Morgan fingerprint density at radius 2 is 2.00 bits per heavy atom. The number of halogens is 1. The second-order valence-corrected chi connectivity index (χ2v) is 6.14. The van der Waals surface area contributed by atoms with Crippen LogP contribution in [0.25, 0.3) is 0 Å². The molecule has 0 aliphatic carbocycles. The van der Waals surface area contributed by atoms with Crippen LogP contribution in [0.15, 0.2) is 24.3 Å². The third kappa shape index (κ3) is 3.89. The molecule has 1 amide bonds. The molecule has 1 aromatic rings. The van der Waals surface area contributed by atoms with Gasteiger partial charge in [0.05, 0.1) is 6.04 Å². The van der Waals surface area contributed by atoms with Gasteiger partial charge in [0.2, 0.25) is 5.91 Å². The molecule has 1 saturated heterocycles. The monoisotopic (exact) mass is 309 g/mol. The van der Waals surface area contributed by atoms with Crippen molar-refractivity contribution in [1.29, 1.82) is 0 Å². The van der Waals surface area contributed by atoms with E-state index in [1.807, 2.05) is 36.1 Å². The van der Waals surface area contributed by atoms with Crippen LogP contribution in [0.1, 0.15) is 20.3 Å². The molecule has 0 spiro atoms. The predicted molar refractivity (Wildman–Crippen MR) is 87.7 cm³/mol. The molecule has 2 atom stereocenters. The molecule has 0 aromatic heterocycles. The fourth-order valence-corrected chi connectivity index (χ4v) is 2.75. The number of nitrogens with two attached hydrogens (primary N) is 1. The average Bonchev–Trinajstić information content (AvgIpc) is 2.53. The third-order valence-corrected chi connectivity index (χ3v) is 4.54. The van der Waals surface area contributed by atoms with Gasteiger partial charge in [-0.05, 0) is 24.1 Å². The fraction of sp³-hybridized carbons (Fsp3) is 0.562. The predicted octanol–water partition coefficient (Wildman–Crippen LogP) is 2.36. The van der Waals surface area contributed by atoms with Gasteiger partial charge >= 0.3 is 0 Å². The van der Waals surface area contributed by atoms with Crippen LogP contribution in [-0.4, -0.2) is 43.0 Å². The van der Waals surface area contributed by atoms with Gasteiger partial charge in [0.15, 0.2) is 0 Å². The molecule has 0 bridgehead atoms. The molecule has 4 nitrogen and oxygen atoms in total. The highest BCUT2D eigenvalue weighted by atomic mass is 35.5. The Balaban J connectivity index is 1.92. The third-order valence-electron chi connectivity index (χ3n) is 4.31. The second-order valence-electron chi connectivity index (χ2n) is 5.70. The standard InChI is InChI=1S/C16H24ClN3O/c1-3-12(2)15(18)16(21)20-9-7-19(8-10-20)14-6-4-5-13(17)11-14/h4-6,11-12,15H,3,7-10,18H2,1-2H3/t12?,15-/m0/s1. The maximum absolute atomic E-state index is 12.4. The molecule has 1 aromatic carbocycles. The average molecular weight is 310 g/mol. The lowest BCUT2D eigenvalue weighted by atomic mass is 9.98. The molecule has 1 aliphatic heterocycles. The van der Waals surface area contributed by atoms with Crippen molar-refractivity contribution in [3.63, 3.8) is 0 Å². The molecular weight excluding hydrogens is 286 g/mol. The van der Waals surface area contributed by atoms with Crippen molar-refractivity contribution in [2.75, 3.05) is 31.1 Å². The number of rotatable bonds is 4. The van der Waals surface area contributed by atoms with Crippen molar-refractivity contribution < 1.29 is 4.79 Å². The number of anilines is 1. The number of benzene rings is 1. The Hall–Kier alpha value is -1.26. The minimum absolute atomic E-state index is 0.0788. The van der Waals surface area contributed by atoms with Gasteiger partial charge in [-0.25, -0.2) is 0 Å². The minimum atomic E-state index is -0.382. The number of carbonyl (C=O) groups excluding carboxylic acids is 1. The minimum Gasteiger partial charge on any atom is -0.368 e. The van der Waals surface area contributed by atoms with Gasteiger partial charge in [-0.1, -0.05) is 37.9 Å².